The number of thiazole rings is 1. The molecule has 3 aromatic rings. The second-order valence-corrected chi connectivity index (χ2v) is 8.39. The number of carbonyl (C=O) groups is 1. The van der Waals surface area contributed by atoms with Gasteiger partial charge in [0, 0.05) is 61.2 Å². The fraction of sp³-hybridized carbons (Fsp3) is 0.333. The largest absolute Gasteiger partial charge is 0.378 e. The lowest BCUT2D eigenvalue weighted by molar-refractivity contribution is 0.0950. The summed E-state index contributed by atoms with van der Waals surface area (Å²) in [6, 6.07) is 6.21. The van der Waals surface area contributed by atoms with Crippen molar-refractivity contribution in [1.29, 1.82) is 0 Å². The molecule has 0 aromatic carbocycles. The van der Waals surface area contributed by atoms with Crippen LogP contribution in [0.3, 0.4) is 0 Å². The van der Waals surface area contributed by atoms with Crippen LogP contribution in [-0.4, -0.2) is 53.2 Å². The van der Waals surface area contributed by atoms with Crippen LogP contribution in [0.15, 0.2) is 43.0 Å². The Labute approximate surface area is 178 Å². The SMILES string of the molecule is O=C(NC1CC1)c1cncc(-c2cnc(Nc3cc(N4CCOCC4)ccn3)s2)c1. The van der Waals surface area contributed by atoms with E-state index in [-0.39, 0.29) is 5.91 Å². The standard InChI is InChI=1S/C21H22N6O2S/c28-20(25-16-1-2-16)15-9-14(11-22-12-15)18-13-24-21(30-18)26-19-10-17(3-4-23-19)27-5-7-29-8-6-27/h3-4,9-13,16H,1-2,5-8H2,(H,25,28)(H,23,24,26). The van der Waals surface area contributed by atoms with E-state index in [1.54, 1.807) is 24.8 Å². The lowest BCUT2D eigenvalue weighted by atomic mass is 10.2. The Balaban J connectivity index is 1.29. The number of morpholine rings is 1. The van der Waals surface area contributed by atoms with Crippen LogP contribution in [-0.2, 0) is 4.74 Å². The molecule has 1 saturated carbocycles. The molecule has 0 atom stereocenters. The third-order valence-electron chi connectivity index (χ3n) is 5.06. The molecule has 1 aliphatic heterocycles. The highest BCUT2D eigenvalue weighted by atomic mass is 32.1. The predicted octanol–water partition coefficient (Wildman–Crippen LogP) is 3.07. The van der Waals surface area contributed by atoms with Crippen molar-refractivity contribution < 1.29 is 9.53 Å². The maximum absolute atomic E-state index is 12.3. The van der Waals surface area contributed by atoms with E-state index in [9.17, 15) is 4.79 Å². The van der Waals surface area contributed by atoms with Crippen molar-refractivity contribution in [2.75, 3.05) is 36.5 Å². The summed E-state index contributed by atoms with van der Waals surface area (Å²) in [6.07, 6.45) is 9.06. The van der Waals surface area contributed by atoms with Crippen molar-refractivity contribution in [1.82, 2.24) is 20.3 Å². The predicted molar refractivity (Wildman–Crippen MR) is 116 cm³/mol. The van der Waals surface area contributed by atoms with E-state index in [2.05, 4.69) is 30.5 Å². The average molecular weight is 423 g/mol. The molecule has 1 saturated heterocycles. The third-order valence-corrected chi connectivity index (χ3v) is 6.02. The van der Waals surface area contributed by atoms with Gasteiger partial charge in [-0.05, 0) is 25.0 Å². The topological polar surface area (TPSA) is 92.3 Å². The highest BCUT2D eigenvalue weighted by molar-refractivity contribution is 7.18. The van der Waals surface area contributed by atoms with Crippen molar-refractivity contribution >= 4 is 33.9 Å². The normalized spacial score (nSPS) is 16.3. The summed E-state index contributed by atoms with van der Waals surface area (Å²) < 4.78 is 5.43. The van der Waals surface area contributed by atoms with Gasteiger partial charge in [-0.2, -0.15) is 0 Å². The molecule has 3 aromatic heterocycles. The molecule has 0 spiro atoms. The summed E-state index contributed by atoms with van der Waals surface area (Å²) in [5.74, 6) is 0.675. The quantitative estimate of drug-likeness (QED) is 0.631. The Hall–Kier alpha value is -3.04. The molecule has 9 heteroatoms. The van der Waals surface area contributed by atoms with Gasteiger partial charge in [0.1, 0.15) is 5.82 Å². The summed E-state index contributed by atoms with van der Waals surface area (Å²) in [5, 5.41) is 7.02. The smallest absolute Gasteiger partial charge is 0.253 e. The van der Waals surface area contributed by atoms with Gasteiger partial charge >= 0.3 is 0 Å². The number of nitrogens with zero attached hydrogens (tertiary/aromatic N) is 4. The molecule has 0 unspecified atom stereocenters. The molecular weight excluding hydrogens is 400 g/mol. The lowest BCUT2D eigenvalue weighted by Crippen LogP contribution is -2.36. The molecule has 2 aliphatic rings. The average Bonchev–Trinajstić information content (AvgIpc) is 3.49. The Morgan fingerprint density at radius 1 is 1.13 bits per heavy atom. The number of nitrogens with one attached hydrogen (secondary N) is 2. The van der Waals surface area contributed by atoms with Crippen molar-refractivity contribution in [3.8, 4) is 10.4 Å². The molecule has 4 heterocycles. The number of anilines is 3. The minimum Gasteiger partial charge on any atom is -0.378 e. The highest BCUT2D eigenvalue weighted by Crippen LogP contribution is 2.31. The molecule has 8 nitrogen and oxygen atoms in total. The lowest BCUT2D eigenvalue weighted by Gasteiger charge is -2.28. The number of ether oxygens (including phenoxy) is 1. The zero-order valence-corrected chi connectivity index (χ0v) is 17.2. The summed E-state index contributed by atoms with van der Waals surface area (Å²) in [7, 11) is 0. The van der Waals surface area contributed by atoms with Crippen LogP contribution in [0.1, 0.15) is 23.2 Å². The second-order valence-electron chi connectivity index (χ2n) is 7.36. The Morgan fingerprint density at radius 3 is 2.83 bits per heavy atom. The molecule has 1 aliphatic carbocycles. The van der Waals surface area contributed by atoms with E-state index >= 15 is 0 Å². The number of rotatable bonds is 6. The van der Waals surface area contributed by atoms with Gasteiger partial charge in [0.15, 0.2) is 5.13 Å². The van der Waals surface area contributed by atoms with Crippen LogP contribution in [0.25, 0.3) is 10.4 Å². The summed E-state index contributed by atoms with van der Waals surface area (Å²) in [5.41, 5.74) is 2.56. The van der Waals surface area contributed by atoms with Crippen LogP contribution >= 0.6 is 11.3 Å². The molecule has 154 valence electrons. The van der Waals surface area contributed by atoms with E-state index < -0.39 is 0 Å². The minimum atomic E-state index is -0.0705. The van der Waals surface area contributed by atoms with Crippen LogP contribution in [0.5, 0.6) is 0 Å². The van der Waals surface area contributed by atoms with Crippen molar-refractivity contribution in [2.24, 2.45) is 0 Å². The molecule has 2 N–H and O–H groups in total. The first-order chi connectivity index (χ1) is 14.7. The van der Waals surface area contributed by atoms with E-state index in [0.717, 1.165) is 66.2 Å². The monoisotopic (exact) mass is 422 g/mol. The summed E-state index contributed by atoms with van der Waals surface area (Å²) >= 11 is 1.50. The molecule has 1 amide bonds. The zero-order chi connectivity index (χ0) is 20.3. The van der Waals surface area contributed by atoms with Gasteiger partial charge in [-0.25, -0.2) is 9.97 Å². The van der Waals surface area contributed by atoms with Gasteiger partial charge < -0.3 is 20.3 Å². The minimum absolute atomic E-state index is 0.0705. The van der Waals surface area contributed by atoms with E-state index in [1.807, 2.05) is 18.2 Å². The first kappa shape index (κ1) is 19.0. The van der Waals surface area contributed by atoms with E-state index in [1.165, 1.54) is 11.3 Å². The van der Waals surface area contributed by atoms with Gasteiger partial charge in [0.25, 0.3) is 5.91 Å². The Bertz CT molecular complexity index is 1050. The highest BCUT2D eigenvalue weighted by Gasteiger charge is 2.24. The van der Waals surface area contributed by atoms with Crippen LogP contribution in [0.2, 0.25) is 0 Å². The Kier molecular flexibility index (Phi) is 5.29. The number of pyridine rings is 2. The van der Waals surface area contributed by atoms with Crippen molar-refractivity contribution in [3.63, 3.8) is 0 Å². The number of hydrogen-bond acceptors (Lipinski definition) is 8. The fourth-order valence-electron chi connectivity index (χ4n) is 3.28. The number of carbonyl (C=O) groups excluding carboxylic acids is 1. The third kappa shape index (κ3) is 4.42. The molecule has 30 heavy (non-hydrogen) atoms. The van der Waals surface area contributed by atoms with E-state index in [0.29, 0.717) is 11.6 Å². The summed E-state index contributed by atoms with van der Waals surface area (Å²) in [6.45, 7) is 3.24. The van der Waals surface area contributed by atoms with E-state index in [4.69, 9.17) is 4.74 Å². The fourth-order valence-corrected chi connectivity index (χ4v) is 4.08. The molecule has 2 fully saturated rings. The maximum Gasteiger partial charge on any atom is 0.253 e. The van der Waals surface area contributed by atoms with Crippen molar-refractivity contribution in [2.45, 2.75) is 18.9 Å². The van der Waals surface area contributed by atoms with Crippen LogP contribution in [0, 0.1) is 0 Å². The molecule has 0 radical (unpaired) electrons. The van der Waals surface area contributed by atoms with Gasteiger partial charge in [-0.3, -0.25) is 9.78 Å². The summed E-state index contributed by atoms with van der Waals surface area (Å²) in [4.78, 5) is 28.6. The van der Waals surface area contributed by atoms with Crippen molar-refractivity contribution in [3.05, 3.63) is 48.5 Å². The van der Waals surface area contributed by atoms with Gasteiger partial charge in [0.05, 0.1) is 23.7 Å². The second kappa shape index (κ2) is 8.37. The van der Waals surface area contributed by atoms with Gasteiger partial charge in [-0.15, -0.1) is 0 Å². The number of hydrogen-bond donors (Lipinski definition) is 2. The van der Waals surface area contributed by atoms with Crippen LogP contribution < -0.4 is 15.5 Å². The molecule has 0 bridgehead atoms. The first-order valence-electron chi connectivity index (χ1n) is 10.0. The zero-order valence-electron chi connectivity index (χ0n) is 16.4. The number of aromatic nitrogens is 3. The maximum atomic E-state index is 12.3. The first-order valence-corrected chi connectivity index (χ1v) is 10.8. The number of amides is 1. The van der Waals surface area contributed by atoms with Gasteiger partial charge in [-0.1, -0.05) is 11.3 Å². The Morgan fingerprint density at radius 2 is 2.00 bits per heavy atom. The van der Waals surface area contributed by atoms with Gasteiger partial charge in [0.2, 0.25) is 0 Å². The molecule has 5 rings (SSSR count). The van der Waals surface area contributed by atoms with Crippen LogP contribution in [0.4, 0.5) is 16.6 Å². The molecular formula is C21H22N6O2S.